The van der Waals surface area contributed by atoms with E-state index in [4.69, 9.17) is 25.6 Å². The molecule has 4 rings (SSSR count). The van der Waals surface area contributed by atoms with Crippen LogP contribution in [0.3, 0.4) is 0 Å². The highest BCUT2D eigenvalue weighted by Crippen LogP contribution is 2.38. The van der Waals surface area contributed by atoms with Crippen molar-refractivity contribution in [3.63, 3.8) is 0 Å². The highest BCUT2D eigenvalue weighted by molar-refractivity contribution is 7.80. The van der Waals surface area contributed by atoms with Crippen LogP contribution in [0.1, 0.15) is 42.8 Å². The number of nitrogens with one attached hydrogen (secondary N) is 2. The van der Waals surface area contributed by atoms with Crippen LogP contribution >= 0.6 is 11.3 Å². The van der Waals surface area contributed by atoms with E-state index in [9.17, 15) is 41.1 Å². The molecule has 2 saturated heterocycles. The third kappa shape index (κ3) is 9.11. The van der Waals surface area contributed by atoms with Gasteiger partial charge in [0.15, 0.2) is 10.8 Å². The maximum atomic E-state index is 13.8. The van der Waals surface area contributed by atoms with E-state index in [-0.39, 0.29) is 28.2 Å². The first kappa shape index (κ1) is 37.2. The Morgan fingerprint density at radius 3 is 2.51 bits per heavy atom. The number of anilines is 1. The van der Waals surface area contributed by atoms with Crippen LogP contribution in [0.4, 0.5) is 18.3 Å². The summed E-state index contributed by atoms with van der Waals surface area (Å²) in [7, 11) is -5.16. The zero-order valence-corrected chi connectivity index (χ0v) is 27.3. The molecule has 2 aliphatic rings. The molecule has 2 fully saturated rings. The van der Waals surface area contributed by atoms with Crippen LogP contribution in [0.25, 0.3) is 0 Å². The number of rotatable bonds is 13. The number of hydroxylamine groups is 2. The lowest BCUT2D eigenvalue weighted by Crippen LogP contribution is -2.76. The van der Waals surface area contributed by atoms with Crippen molar-refractivity contribution < 1.29 is 59.5 Å². The van der Waals surface area contributed by atoms with Crippen molar-refractivity contribution >= 4 is 56.2 Å². The molecule has 268 valence electrons. The summed E-state index contributed by atoms with van der Waals surface area (Å²) >= 11 is -0.0524. The summed E-state index contributed by atoms with van der Waals surface area (Å²) in [6, 6.07) is 4.50. The molecule has 1 aromatic heterocycles. The number of benzene rings is 1. The average Bonchev–Trinajstić information content (AvgIpc) is 3.42. The monoisotopic (exact) mass is 736 g/mol. The first-order valence-corrected chi connectivity index (χ1v) is 16.4. The number of aliphatic imine (C=N–C) groups is 1. The highest BCUT2D eigenvalue weighted by Gasteiger charge is 2.58. The molecule has 0 radical (unpaired) electrons. The SMILES string of the molecule is CC1(C)[C@H](NC(=O)/C(=N\OC(COc2ccc(C(N)=N[C@H]3CCCNC3)cc2)C(=O)O)c2nc(N)sc2C(F)(F)F)C(=O)N1OS(=O)(=O)O. The largest absolute Gasteiger partial charge is 0.489 e. The lowest BCUT2D eigenvalue weighted by molar-refractivity contribution is -0.218. The van der Waals surface area contributed by atoms with E-state index in [0.29, 0.717) is 17.9 Å². The van der Waals surface area contributed by atoms with Gasteiger partial charge in [0.25, 0.3) is 17.9 Å². The second kappa shape index (κ2) is 14.5. The third-order valence-corrected chi connectivity index (χ3v) is 8.42. The van der Waals surface area contributed by atoms with Crippen LogP contribution in [0.15, 0.2) is 34.4 Å². The van der Waals surface area contributed by atoms with Gasteiger partial charge in [0.2, 0.25) is 0 Å². The van der Waals surface area contributed by atoms with Crippen molar-refractivity contribution in [3.05, 3.63) is 40.4 Å². The first-order valence-electron chi connectivity index (χ1n) is 14.2. The zero-order chi connectivity index (χ0) is 36.3. The number of carbonyl (C=O) groups is 3. The minimum atomic E-state index is -5.16. The Bertz CT molecular complexity index is 1740. The summed E-state index contributed by atoms with van der Waals surface area (Å²) in [4.78, 5) is 49.2. The Kier molecular flexibility index (Phi) is 11.0. The van der Waals surface area contributed by atoms with E-state index in [0.717, 1.165) is 19.4 Å². The molecular formula is C26H31F3N8O10S2. The summed E-state index contributed by atoms with van der Waals surface area (Å²) in [5, 5.41) is 17.9. The molecule has 23 heteroatoms. The smallest absolute Gasteiger partial charge is 0.427 e. The molecule has 0 bridgehead atoms. The lowest BCUT2D eigenvalue weighted by Gasteiger charge is -2.50. The molecule has 1 aromatic carbocycles. The van der Waals surface area contributed by atoms with Crippen molar-refractivity contribution in [1.29, 1.82) is 0 Å². The van der Waals surface area contributed by atoms with Gasteiger partial charge in [0.05, 0.1) is 11.6 Å². The fraction of sp³-hybridized carbons (Fsp3) is 0.462. The predicted octanol–water partition coefficient (Wildman–Crippen LogP) is 0.294. The summed E-state index contributed by atoms with van der Waals surface area (Å²) in [6.45, 7) is 3.24. The van der Waals surface area contributed by atoms with Crippen LogP contribution < -0.4 is 26.8 Å². The van der Waals surface area contributed by atoms with Gasteiger partial charge in [-0.15, -0.1) is 4.28 Å². The normalized spacial score (nSPS) is 20.7. The number of aromatic nitrogens is 1. The Balaban J connectivity index is 1.53. The van der Waals surface area contributed by atoms with Crippen molar-refractivity contribution in [2.24, 2.45) is 15.9 Å². The molecule has 2 amide bonds. The maximum Gasteiger partial charge on any atom is 0.427 e. The number of hydrogen-bond acceptors (Lipinski definition) is 14. The molecule has 0 aliphatic carbocycles. The van der Waals surface area contributed by atoms with Crippen LogP contribution in [0.2, 0.25) is 0 Å². The highest BCUT2D eigenvalue weighted by atomic mass is 32.3. The number of carbonyl (C=O) groups excluding carboxylic acids is 2. The number of oxime groups is 1. The Morgan fingerprint density at radius 1 is 1.29 bits per heavy atom. The van der Waals surface area contributed by atoms with Crippen molar-refractivity contribution in [3.8, 4) is 5.75 Å². The number of alkyl halides is 3. The molecular weight excluding hydrogens is 705 g/mol. The lowest BCUT2D eigenvalue weighted by atomic mass is 9.84. The topological polar surface area (TPSA) is 270 Å². The summed E-state index contributed by atoms with van der Waals surface area (Å²) in [5.41, 5.74) is 8.12. The molecule has 2 aromatic rings. The molecule has 0 spiro atoms. The molecule has 3 heterocycles. The molecule has 3 atom stereocenters. The second-order valence-electron chi connectivity index (χ2n) is 11.1. The number of halogens is 3. The number of carboxylic acids is 1. The number of amides is 2. The van der Waals surface area contributed by atoms with E-state index in [1.54, 1.807) is 12.1 Å². The van der Waals surface area contributed by atoms with E-state index in [1.807, 2.05) is 0 Å². The first-order chi connectivity index (χ1) is 22.8. The van der Waals surface area contributed by atoms with Crippen molar-refractivity contribution in [1.82, 2.24) is 20.7 Å². The van der Waals surface area contributed by atoms with Crippen molar-refractivity contribution in [2.75, 3.05) is 25.4 Å². The number of nitrogens with two attached hydrogens (primary N) is 2. The standard InChI is InChI=1S/C26H31F3N8O10S2/c1-25(2)18(22(39)37(25)47-49(42,43)44)35-21(38)17(16-19(26(27,28)29)48-24(31)34-16)36-46-15(23(40)41)11-45-14-7-5-12(6-8-14)20(30)33-13-4-3-9-32-10-13/h5-8,13,15,18,32H,3-4,9-11H2,1-2H3,(H2,30,33)(H2,31,34)(H,35,38)(H,40,41)(H,42,43,44)/b36-17-/t13-,15?,18+/m0/s1. The van der Waals surface area contributed by atoms with E-state index in [2.05, 4.69) is 30.0 Å². The van der Waals surface area contributed by atoms with Crippen LogP contribution in [0, 0.1) is 0 Å². The van der Waals surface area contributed by atoms with Gasteiger partial charge in [-0.3, -0.25) is 19.1 Å². The number of thiazole rings is 1. The van der Waals surface area contributed by atoms with Gasteiger partial charge in [-0.2, -0.15) is 26.7 Å². The molecule has 8 N–H and O–H groups in total. The number of β-lactam (4-membered cyclic amide) rings is 1. The van der Waals surface area contributed by atoms with Gasteiger partial charge < -0.3 is 36.8 Å². The van der Waals surface area contributed by atoms with Crippen LogP contribution in [-0.4, -0.2) is 101 Å². The molecule has 18 nitrogen and oxygen atoms in total. The molecule has 1 unspecified atom stereocenters. The van der Waals surface area contributed by atoms with Gasteiger partial charge in [-0.25, -0.2) is 9.78 Å². The number of ether oxygens (including phenoxy) is 1. The number of nitrogens with zero attached hydrogens (tertiary/aromatic N) is 4. The number of carboxylic acid groups (broad SMARTS) is 1. The Morgan fingerprint density at radius 2 is 1.96 bits per heavy atom. The minimum absolute atomic E-state index is 0.0214. The minimum Gasteiger partial charge on any atom is -0.489 e. The van der Waals surface area contributed by atoms with Gasteiger partial charge in [0.1, 0.15) is 34.8 Å². The van der Waals surface area contributed by atoms with Gasteiger partial charge in [0, 0.05) is 12.1 Å². The van der Waals surface area contributed by atoms with E-state index < -0.39 is 80.1 Å². The molecule has 49 heavy (non-hydrogen) atoms. The van der Waals surface area contributed by atoms with Gasteiger partial charge >= 0.3 is 22.5 Å². The predicted molar refractivity (Wildman–Crippen MR) is 165 cm³/mol. The second-order valence-corrected chi connectivity index (χ2v) is 13.2. The van der Waals surface area contributed by atoms with Gasteiger partial charge in [-0.05, 0) is 57.5 Å². The average molecular weight is 737 g/mol. The van der Waals surface area contributed by atoms with Crippen LogP contribution in [0.5, 0.6) is 5.75 Å². The fourth-order valence-electron chi connectivity index (χ4n) is 4.67. The summed E-state index contributed by atoms with van der Waals surface area (Å²) in [6.07, 6.45) is -5.25. The number of piperidine rings is 1. The van der Waals surface area contributed by atoms with E-state index >= 15 is 0 Å². The summed E-state index contributed by atoms with van der Waals surface area (Å²) in [5.74, 6) is -3.97. The molecule has 0 saturated carbocycles. The number of amidine groups is 1. The third-order valence-electron chi connectivity index (χ3n) is 7.15. The van der Waals surface area contributed by atoms with E-state index in [1.165, 1.54) is 26.0 Å². The van der Waals surface area contributed by atoms with Crippen molar-refractivity contribution in [2.45, 2.75) is 56.6 Å². The number of hydrogen-bond donors (Lipinski definition) is 6. The fourth-order valence-corrected chi connectivity index (χ4v) is 5.83. The number of aliphatic carboxylic acids is 1. The Labute approximate surface area is 280 Å². The maximum absolute atomic E-state index is 13.8. The zero-order valence-electron chi connectivity index (χ0n) is 25.6. The quantitative estimate of drug-likeness (QED) is 0.0531. The number of nitrogen functional groups attached to an aromatic ring is 1. The summed E-state index contributed by atoms with van der Waals surface area (Å²) < 4.78 is 82.3. The molecule has 2 aliphatic heterocycles. The van der Waals surface area contributed by atoms with Gasteiger partial charge in [-0.1, -0.05) is 16.5 Å². The van der Waals surface area contributed by atoms with Crippen LogP contribution in [-0.2, 0) is 40.1 Å². The Hall–Kier alpha value is -4.58.